The third-order valence-corrected chi connectivity index (χ3v) is 13.3. The van der Waals surface area contributed by atoms with Crippen LogP contribution in [0, 0.1) is 6.08 Å². The van der Waals surface area contributed by atoms with Crippen LogP contribution in [-0.2, 0) is 14.7 Å². The summed E-state index contributed by atoms with van der Waals surface area (Å²) in [7, 11) is -0.400. The van der Waals surface area contributed by atoms with Gasteiger partial charge in [-0.05, 0) is 105 Å². The minimum Gasteiger partial charge on any atom is -0.399 e. The summed E-state index contributed by atoms with van der Waals surface area (Å²) in [6, 6.07) is 35.9. The fourth-order valence-corrected chi connectivity index (χ4v) is 9.23. The van der Waals surface area contributed by atoms with Gasteiger partial charge in [0.15, 0.2) is 0 Å². The van der Waals surface area contributed by atoms with Crippen LogP contribution in [0.4, 0.5) is 17.1 Å². The van der Waals surface area contributed by atoms with Gasteiger partial charge in [-0.1, -0.05) is 145 Å². The van der Waals surface area contributed by atoms with Crippen molar-refractivity contribution in [2.45, 2.75) is 148 Å². The van der Waals surface area contributed by atoms with E-state index in [0.29, 0.717) is 0 Å². The molecule has 0 radical (unpaired) electrons. The summed E-state index contributed by atoms with van der Waals surface area (Å²) < 4.78 is 12.9. The molecule has 1 heterocycles. The number of anilines is 3. The molecule has 4 heteroatoms. The summed E-state index contributed by atoms with van der Waals surface area (Å²) in [5, 5.41) is 0. The summed E-state index contributed by atoms with van der Waals surface area (Å²) in [4.78, 5) is 2.44. The van der Waals surface area contributed by atoms with E-state index in [0.717, 1.165) is 16.8 Å². The van der Waals surface area contributed by atoms with E-state index in [-0.39, 0.29) is 16.6 Å². The topological polar surface area (TPSA) is 21.7 Å². The van der Waals surface area contributed by atoms with Gasteiger partial charge in [-0.3, -0.25) is 0 Å². The van der Waals surface area contributed by atoms with Gasteiger partial charge in [0.1, 0.15) is 12.2 Å². The van der Waals surface area contributed by atoms with E-state index >= 15 is 0 Å². The van der Waals surface area contributed by atoms with Gasteiger partial charge in [-0.2, -0.15) is 0 Å². The number of nitrogens with zero attached hydrogens (tertiary/aromatic N) is 1. The lowest BCUT2D eigenvalue weighted by Gasteiger charge is -2.32. The zero-order valence-corrected chi connectivity index (χ0v) is 35.7. The molecule has 0 N–H and O–H groups in total. The second kappa shape index (κ2) is 18.2. The van der Waals surface area contributed by atoms with Crippen LogP contribution in [0.15, 0.2) is 121 Å². The highest BCUT2D eigenvalue weighted by atomic mass is 16.7. The molecule has 0 unspecified atom stereocenters. The molecule has 1 fully saturated rings. The first-order valence-corrected chi connectivity index (χ1v) is 22.2. The summed E-state index contributed by atoms with van der Waals surface area (Å²) in [6.45, 7) is 13.1. The van der Waals surface area contributed by atoms with Crippen molar-refractivity contribution in [3.8, 4) is 11.1 Å². The fourth-order valence-electron chi connectivity index (χ4n) is 9.23. The third-order valence-electron chi connectivity index (χ3n) is 13.3. The van der Waals surface area contributed by atoms with Crippen LogP contribution in [-0.4, -0.2) is 18.3 Å². The number of hydrogen-bond donors (Lipinski definition) is 0. The number of allylic oxidation sites excluding steroid dienone is 6. The van der Waals surface area contributed by atoms with Gasteiger partial charge in [0.25, 0.3) is 0 Å². The van der Waals surface area contributed by atoms with E-state index in [9.17, 15) is 0 Å². The minimum absolute atomic E-state index is 0.0165. The number of fused-ring (bicyclic) bond motifs is 2. The second-order valence-corrected chi connectivity index (χ2v) is 17.7. The van der Waals surface area contributed by atoms with Crippen molar-refractivity contribution in [1.82, 2.24) is 0 Å². The number of rotatable bonds is 19. The molecule has 4 aromatic rings. The monoisotopic (exact) mass is 759 g/mol. The summed E-state index contributed by atoms with van der Waals surface area (Å²) in [5.74, 6) is 0. The van der Waals surface area contributed by atoms with Gasteiger partial charge < -0.3 is 14.2 Å². The molecule has 2 aliphatic carbocycles. The van der Waals surface area contributed by atoms with Crippen molar-refractivity contribution in [2.24, 2.45) is 0 Å². The molecule has 3 nitrogen and oxygen atoms in total. The van der Waals surface area contributed by atoms with Crippen LogP contribution < -0.4 is 10.4 Å². The van der Waals surface area contributed by atoms with Gasteiger partial charge in [0, 0.05) is 28.7 Å². The SMILES string of the molecule is CCCCCCCCC1(CCCCCCCC)C2=C(C=C[C+]=C2)c2ccc(N(c3ccc(B4OC(C)(C)C(C)(C)O4)cc3)c3ccc(-c4ccccc4)cc3)cc21. The first kappa shape index (κ1) is 41.0. The molecule has 57 heavy (non-hydrogen) atoms. The lowest BCUT2D eigenvalue weighted by atomic mass is 9.69. The molecule has 7 rings (SSSR count). The summed E-state index contributed by atoms with van der Waals surface area (Å²) in [6.07, 6.45) is 28.4. The Bertz CT molecular complexity index is 1990. The molecule has 296 valence electrons. The Morgan fingerprint density at radius 1 is 0.579 bits per heavy atom. The van der Waals surface area contributed by atoms with Gasteiger partial charge >= 0.3 is 7.12 Å². The Hall–Kier alpha value is -4.21. The second-order valence-electron chi connectivity index (χ2n) is 17.7. The van der Waals surface area contributed by atoms with Crippen LogP contribution in [0.5, 0.6) is 0 Å². The van der Waals surface area contributed by atoms with E-state index < -0.39 is 7.12 Å². The maximum atomic E-state index is 6.46. The van der Waals surface area contributed by atoms with E-state index in [2.05, 4.69) is 168 Å². The quantitative estimate of drug-likeness (QED) is 0.0540. The smallest absolute Gasteiger partial charge is 0.399 e. The Balaban J connectivity index is 1.28. The van der Waals surface area contributed by atoms with Crippen LogP contribution in [0.2, 0.25) is 0 Å². The first-order chi connectivity index (χ1) is 27.7. The Labute approximate surface area is 345 Å². The normalized spacial score (nSPS) is 17.1. The highest BCUT2D eigenvalue weighted by Crippen LogP contribution is 2.55. The van der Waals surface area contributed by atoms with Crippen molar-refractivity contribution in [2.75, 3.05) is 4.90 Å². The molecular formula is C53H65BNO2+. The Morgan fingerprint density at radius 3 is 1.70 bits per heavy atom. The third kappa shape index (κ3) is 8.80. The minimum atomic E-state index is -0.400. The van der Waals surface area contributed by atoms with Crippen LogP contribution in [0.3, 0.4) is 0 Å². The number of hydrogen-bond acceptors (Lipinski definition) is 3. The molecule has 1 aliphatic heterocycles. The van der Waals surface area contributed by atoms with E-state index in [1.807, 2.05) is 0 Å². The van der Waals surface area contributed by atoms with Gasteiger partial charge in [0.05, 0.1) is 33.8 Å². The van der Waals surface area contributed by atoms with Crippen molar-refractivity contribution >= 4 is 35.2 Å². The van der Waals surface area contributed by atoms with Crippen LogP contribution >= 0.6 is 0 Å². The molecule has 0 spiro atoms. The molecule has 0 bridgehead atoms. The molecule has 4 aromatic carbocycles. The molecule has 3 aliphatic rings. The summed E-state index contributed by atoms with van der Waals surface area (Å²) >= 11 is 0. The maximum absolute atomic E-state index is 6.46. The number of benzene rings is 4. The Kier molecular flexibility index (Phi) is 13.1. The molecular weight excluding hydrogens is 693 g/mol. The lowest BCUT2D eigenvalue weighted by Crippen LogP contribution is -2.41. The standard InChI is InChI=1S/C53H65BNO2/c1-7-9-11-13-15-22-38-53(39-23-16-14-12-10-8-2)49-27-21-20-26-47(49)48-37-36-46(40-50(48)53)55(44-32-28-42(29-33-44)41-24-18-17-19-25-41)45-34-30-43(31-35-45)54-56-51(3,4)52(5,6)57-54/h17-20,24-37,40H,7-16,22-23,38-39H2,1-6H3/q+1. The lowest BCUT2D eigenvalue weighted by molar-refractivity contribution is 0.00578. The Morgan fingerprint density at radius 2 is 1.11 bits per heavy atom. The van der Waals surface area contributed by atoms with Crippen LogP contribution in [0.1, 0.15) is 143 Å². The predicted octanol–water partition coefficient (Wildman–Crippen LogP) is 14.6. The molecule has 0 aromatic heterocycles. The molecule has 1 saturated heterocycles. The average molecular weight is 759 g/mol. The van der Waals surface area contributed by atoms with E-state index in [1.54, 1.807) is 0 Å². The van der Waals surface area contributed by atoms with Crippen LogP contribution in [0.25, 0.3) is 16.7 Å². The molecule has 0 amide bonds. The summed E-state index contributed by atoms with van der Waals surface area (Å²) in [5.41, 5.74) is 11.9. The van der Waals surface area contributed by atoms with Crippen molar-refractivity contribution < 1.29 is 9.31 Å². The van der Waals surface area contributed by atoms with Gasteiger partial charge in [0.2, 0.25) is 0 Å². The van der Waals surface area contributed by atoms with Gasteiger partial charge in [-0.15, -0.1) is 0 Å². The zero-order chi connectivity index (χ0) is 39.9. The zero-order valence-electron chi connectivity index (χ0n) is 35.7. The largest absolute Gasteiger partial charge is 0.494 e. The predicted molar refractivity (Wildman–Crippen MR) is 244 cm³/mol. The van der Waals surface area contributed by atoms with E-state index in [4.69, 9.17) is 9.31 Å². The van der Waals surface area contributed by atoms with Gasteiger partial charge in [-0.25, -0.2) is 0 Å². The van der Waals surface area contributed by atoms with E-state index in [1.165, 1.54) is 129 Å². The van der Waals surface area contributed by atoms with Crippen molar-refractivity contribution in [3.63, 3.8) is 0 Å². The first-order valence-electron chi connectivity index (χ1n) is 22.2. The average Bonchev–Trinajstić information content (AvgIpc) is 3.63. The molecule has 0 atom stereocenters. The van der Waals surface area contributed by atoms with Crippen molar-refractivity contribution in [1.29, 1.82) is 0 Å². The van der Waals surface area contributed by atoms with Crippen molar-refractivity contribution in [3.05, 3.63) is 138 Å². The fraction of sp³-hybridized carbons (Fsp3) is 0.434. The highest BCUT2D eigenvalue weighted by molar-refractivity contribution is 6.62. The number of unbranched alkanes of at least 4 members (excludes halogenated alkanes) is 10. The molecule has 0 saturated carbocycles. The highest BCUT2D eigenvalue weighted by Gasteiger charge is 2.52. The maximum Gasteiger partial charge on any atom is 0.494 e.